The molecular weight excluding hydrogens is 354 g/mol. The van der Waals surface area contributed by atoms with Crippen LogP contribution in [0.1, 0.15) is 41.4 Å². The van der Waals surface area contributed by atoms with Gasteiger partial charge in [-0.25, -0.2) is 9.37 Å². The minimum atomic E-state index is -0.802. The van der Waals surface area contributed by atoms with E-state index in [1.807, 2.05) is 26.8 Å². The molecule has 24 heavy (non-hydrogen) atoms. The van der Waals surface area contributed by atoms with Gasteiger partial charge in [-0.15, -0.1) is 0 Å². The van der Waals surface area contributed by atoms with Crippen molar-refractivity contribution < 1.29 is 9.18 Å². The molecule has 0 atom stereocenters. The van der Waals surface area contributed by atoms with E-state index in [0.717, 1.165) is 23.0 Å². The fraction of sp³-hybridized carbons (Fsp3) is 0.312. The van der Waals surface area contributed by atoms with E-state index < -0.39 is 11.7 Å². The minimum Gasteiger partial charge on any atom is -0.366 e. The van der Waals surface area contributed by atoms with E-state index in [9.17, 15) is 9.18 Å². The summed E-state index contributed by atoms with van der Waals surface area (Å²) in [5.74, 6) is -1.13. The second kappa shape index (κ2) is 7.77. The topological polar surface area (TPSA) is 66.9 Å². The second-order valence-electron chi connectivity index (χ2n) is 5.50. The van der Waals surface area contributed by atoms with E-state index in [2.05, 4.69) is 20.6 Å². The van der Waals surface area contributed by atoms with Crippen LogP contribution in [0.5, 0.6) is 0 Å². The Kier molecular flexibility index (Phi) is 5.96. The fourth-order valence-electron chi connectivity index (χ4n) is 2.16. The smallest absolute Gasteiger partial charge is 0.255 e. The summed E-state index contributed by atoms with van der Waals surface area (Å²) < 4.78 is 13.4. The van der Waals surface area contributed by atoms with Crippen molar-refractivity contribution in [2.45, 2.75) is 26.7 Å². The highest BCUT2D eigenvalue weighted by Gasteiger charge is 2.16. The van der Waals surface area contributed by atoms with Crippen molar-refractivity contribution in [3.63, 3.8) is 0 Å². The maximum absolute atomic E-state index is 13.4. The SMILES string of the molecule is Cc1ccnc(C(C)C)c1NCNC(=O)c1cc(F)c(Cl)nc1Cl. The van der Waals surface area contributed by atoms with Crippen molar-refractivity contribution in [1.82, 2.24) is 15.3 Å². The van der Waals surface area contributed by atoms with Gasteiger partial charge in [0.1, 0.15) is 5.15 Å². The molecule has 8 heteroatoms. The Labute approximate surface area is 149 Å². The molecule has 0 bridgehead atoms. The number of hydrogen-bond acceptors (Lipinski definition) is 4. The summed E-state index contributed by atoms with van der Waals surface area (Å²) >= 11 is 11.3. The zero-order valence-corrected chi connectivity index (χ0v) is 15.0. The number of carbonyl (C=O) groups excluding carboxylic acids is 1. The largest absolute Gasteiger partial charge is 0.366 e. The molecule has 2 N–H and O–H groups in total. The van der Waals surface area contributed by atoms with Crippen LogP contribution in [0.15, 0.2) is 18.3 Å². The number of pyridine rings is 2. The molecule has 0 saturated carbocycles. The maximum Gasteiger partial charge on any atom is 0.255 e. The molecule has 0 aliphatic heterocycles. The first kappa shape index (κ1) is 18.4. The standard InChI is InChI=1S/C16H17Cl2FN4O/c1-8(2)12-13(9(3)4-5-20-12)21-7-22-16(24)10-6-11(19)15(18)23-14(10)17/h4-6,8,21H,7H2,1-3H3,(H,22,24). The number of carbonyl (C=O) groups is 1. The van der Waals surface area contributed by atoms with Crippen LogP contribution in [-0.4, -0.2) is 22.5 Å². The van der Waals surface area contributed by atoms with E-state index in [-0.39, 0.29) is 28.5 Å². The number of aromatic nitrogens is 2. The first-order valence-corrected chi connectivity index (χ1v) is 8.06. The first-order chi connectivity index (χ1) is 11.3. The van der Waals surface area contributed by atoms with Gasteiger partial charge in [-0.05, 0) is 30.5 Å². The summed E-state index contributed by atoms with van der Waals surface area (Å²) in [5.41, 5.74) is 2.70. The average Bonchev–Trinajstić information content (AvgIpc) is 2.52. The van der Waals surface area contributed by atoms with Crippen molar-refractivity contribution in [3.05, 3.63) is 51.3 Å². The number of aryl methyl sites for hydroxylation is 1. The van der Waals surface area contributed by atoms with Gasteiger partial charge in [0.05, 0.1) is 23.6 Å². The average molecular weight is 371 g/mol. The number of amides is 1. The quantitative estimate of drug-likeness (QED) is 0.612. The van der Waals surface area contributed by atoms with Crippen LogP contribution < -0.4 is 10.6 Å². The van der Waals surface area contributed by atoms with Gasteiger partial charge in [0.2, 0.25) is 0 Å². The van der Waals surface area contributed by atoms with Crippen LogP contribution in [-0.2, 0) is 0 Å². The van der Waals surface area contributed by atoms with E-state index in [1.165, 1.54) is 0 Å². The zero-order valence-electron chi connectivity index (χ0n) is 13.5. The van der Waals surface area contributed by atoms with Gasteiger partial charge in [-0.3, -0.25) is 9.78 Å². The molecule has 0 saturated heterocycles. The Morgan fingerprint density at radius 2 is 2.04 bits per heavy atom. The van der Waals surface area contributed by atoms with Crippen LogP contribution in [0.3, 0.4) is 0 Å². The molecule has 2 heterocycles. The van der Waals surface area contributed by atoms with E-state index >= 15 is 0 Å². The molecule has 128 valence electrons. The Balaban J connectivity index is 2.08. The van der Waals surface area contributed by atoms with Crippen molar-refractivity contribution in [1.29, 1.82) is 0 Å². The molecule has 0 unspecified atom stereocenters. The lowest BCUT2D eigenvalue weighted by Gasteiger charge is -2.16. The third-order valence-corrected chi connectivity index (χ3v) is 3.93. The van der Waals surface area contributed by atoms with Crippen molar-refractivity contribution in [2.75, 3.05) is 12.0 Å². The van der Waals surface area contributed by atoms with E-state index in [0.29, 0.717) is 0 Å². The first-order valence-electron chi connectivity index (χ1n) is 7.30. The highest BCUT2D eigenvalue weighted by molar-refractivity contribution is 6.34. The molecule has 2 aromatic rings. The molecular formula is C16H17Cl2FN4O. The van der Waals surface area contributed by atoms with Crippen LogP contribution in [0.25, 0.3) is 0 Å². The molecule has 0 radical (unpaired) electrons. The number of anilines is 1. The highest BCUT2D eigenvalue weighted by atomic mass is 35.5. The third kappa shape index (κ3) is 4.13. The van der Waals surface area contributed by atoms with E-state index in [4.69, 9.17) is 23.2 Å². The van der Waals surface area contributed by atoms with Crippen LogP contribution in [0.2, 0.25) is 10.3 Å². The summed E-state index contributed by atoms with van der Waals surface area (Å²) in [4.78, 5) is 20.1. The lowest BCUT2D eigenvalue weighted by atomic mass is 10.1. The highest BCUT2D eigenvalue weighted by Crippen LogP contribution is 2.25. The van der Waals surface area contributed by atoms with Crippen molar-refractivity contribution in [3.8, 4) is 0 Å². The summed E-state index contributed by atoms with van der Waals surface area (Å²) in [6.07, 6.45) is 1.75. The number of halogens is 3. The summed E-state index contributed by atoms with van der Waals surface area (Å²) in [7, 11) is 0. The van der Waals surface area contributed by atoms with Gasteiger partial charge in [-0.2, -0.15) is 0 Å². The lowest BCUT2D eigenvalue weighted by molar-refractivity contribution is 0.0956. The van der Waals surface area contributed by atoms with Gasteiger partial charge >= 0.3 is 0 Å². The predicted molar refractivity (Wildman–Crippen MR) is 93.2 cm³/mol. The zero-order chi connectivity index (χ0) is 17.9. The van der Waals surface area contributed by atoms with Gasteiger partial charge in [0.15, 0.2) is 11.0 Å². The molecule has 0 aliphatic rings. The van der Waals surface area contributed by atoms with E-state index in [1.54, 1.807) is 6.20 Å². The molecule has 2 rings (SSSR count). The van der Waals surface area contributed by atoms with Gasteiger partial charge in [0, 0.05) is 6.20 Å². The normalized spacial score (nSPS) is 10.8. The number of nitrogens with zero attached hydrogens (tertiary/aromatic N) is 2. The Morgan fingerprint density at radius 1 is 1.33 bits per heavy atom. The monoisotopic (exact) mass is 370 g/mol. The molecule has 5 nitrogen and oxygen atoms in total. The van der Waals surface area contributed by atoms with Gasteiger partial charge in [-0.1, -0.05) is 37.0 Å². The van der Waals surface area contributed by atoms with Gasteiger partial charge in [0.25, 0.3) is 5.91 Å². The maximum atomic E-state index is 13.4. The Morgan fingerprint density at radius 3 is 2.71 bits per heavy atom. The van der Waals surface area contributed by atoms with Crippen LogP contribution in [0, 0.1) is 12.7 Å². The molecule has 2 aromatic heterocycles. The fourth-order valence-corrected chi connectivity index (χ4v) is 2.57. The number of rotatable bonds is 5. The minimum absolute atomic E-state index is 0.0765. The molecule has 0 aromatic carbocycles. The Bertz CT molecular complexity index is 768. The number of hydrogen-bond donors (Lipinski definition) is 2. The third-order valence-electron chi connectivity index (χ3n) is 3.38. The van der Waals surface area contributed by atoms with Gasteiger partial charge < -0.3 is 10.6 Å². The van der Waals surface area contributed by atoms with Crippen LogP contribution in [0.4, 0.5) is 10.1 Å². The number of nitrogens with one attached hydrogen (secondary N) is 2. The summed E-state index contributed by atoms with van der Waals surface area (Å²) in [6.45, 7) is 6.15. The lowest BCUT2D eigenvalue weighted by Crippen LogP contribution is -2.30. The molecule has 1 amide bonds. The van der Waals surface area contributed by atoms with Crippen molar-refractivity contribution >= 4 is 34.8 Å². The molecule has 0 spiro atoms. The summed E-state index contributed by atoms with van der Waals surface area (Å²) in [6, 6.07) is 2.84. The van der Waals surface area contributed by atoms with Crippen molar-refractivity contribution in [2.24, 2.45) is 0 Å². The molecule has 0 aliphatic carbocycles. The second-order valence-corrected chi connectivity index (χ2v) is 6.22. The molecule has 0 fully saturated rings. The Hall–Kier alpha value is -1.92. The summed E-state index contributed by atoms with van der Waals surface area (Å²) in [5, 5.41) is 5.22. The predicted octanol–water partition coefficient (Wildman–Crippen LogP) is 4.15. The van der Waals surface area contributed by atoms with Crippen LogP contribution >= 0.6 is 23.2 Å².